The predicted octanol–water partition coefficient (Wildman–Crippen LogP) is 7.30. The van der Waals surface area contributed by atoms with Gasteiger partial charge < -0.3 is 9.47 Å². The average molecular weight is 609 g/mol. The number of rotatable bonds is 14. The SMILES string of the molecule is C=C(C)C(=O)OCC1CSC(CCSc2ccc(SCCC3SCC(COC(=O)C(=C)C)S3)s2)S1. The van der Waals surface area contributed by atoms with Crippen LogP contribution in [-0.4, -0.2) is 67.8 Å². The predicted molar refractivity (Wildman–Crippen MR) is 162 cm³/mol. The molecule has 4 nitrogen and oxygen atoms in total. The molecule has 0 bridgehead atoms. The first-order chi connectivity index (χ1) is 16.8. The maximum absolute atomic E-state index is 11.6. The van der Waals surface area contributed by atoms with E-state index in [1.165, 1.54) is 8.42 Å². The Kier molecular flexibility index (Phi) is 13.3. The van der Waals surface area contributed by atoms with Gasteiger partial charge in [-0.15, -0.1) is 81.9 Å². The number of hydrogen-bond acceptors (Lipinski definition) is 11. The molecular weight excluding hydrogens is 577 g/mol. The summed E-state index contributed by atoms with van der Waals surface area (Å²) >= 11 is 13.6. The third-order valence-corrected chi connectivity index (χ3v) is 15.2. The fourth-order valence-corrected chi connectivity index (χ4v) is 13.6. The molecule has 0 amide bonds. The third-order valence-electron chi connectivity index (χ3n) is 4.87. The minimum Gasteiger partial charge on any atom is -0.461 e. The van der Waals surface area contributed by atoms with Crippen LogP contribution in [0.15, 0.2) is 44.9 Å². The zero-order valence-electron chi connectivity index (χ0n) is 20.0. The first kappa shape index (κ1) is 29.8. The summed E-state index contributed by atoms with van der Waals surface area (Å²) in [7, 11) is 0. The second-order valence-electron chi connectivity index (χ2n) is 8.15. The van der Waals surface area contributed by atoms with Crippen molar-refractivity contribution in [2.24, 2.45) is 0 Å². The summed E-state index contributed by atoms with van der Waals surface area (Å²) in [5.74, 6) is 3.74. The van der Waals surface area contributed by atoms with Crippen LogP contribution in [0.4, 0.5) is 0 Å². The topological polar surface area (TPSA) is 52.6 Å². The van der Waals surface area contributed by atoms with Gasteiger partial charge in [-0.1, -0.05) is 13.2 Å². The molecule has 0 spiro atoms. The van der Waals surface area contributed by atoms with E-state index in [9.17, 15) is 9.59 Å². The van der Waals surface area contributed by atoms with E-state index in [0.29, 0.717) is 44.0 Å². The summed E-state index contributed by atoms with van der Waals surface area (Å²) in [5.41, 5.74) is 0.927. The highest BCUT2D eigenvalue weighted by atomic mass is 32.2. The van der Waals surface area contributed by atoms with Gasteiger partial charge in [-0.2, -0.15) is 0 Å². The monoisotopic (exact) mass is 608 g/mol. The Morgan fingerprint density at radius 3 is 1.69 bits per heavy atom. The van der Waals surface area contributed by atoms with Gasteiger partial charge >= 0.3 is 11.9 Å². The minimum atomic E-state index is -0.285. The summed E-state index contributed by atoms with van der Waals surface area (Å²) in [6, 6.07) is 4.50. The van der Waals surface area contributed by atoms with Crippen molar-refractivity contribution in [1.29, 1.82) is 0 Å². The number of esters is 2. The van der Waals surface area contributed by atoms with Crippen LogP contribution in [0.2, 0.25) is 0 Å². The Morgan fingerprint density at radius 1 is 0.857 bits per heavy atom. The van der Waals surface area contributed by atoms with Crippen LogP contribution in [0.5, 0.6) is 0 Å². The highest BCUT2D eigenvalue weighted by Gasteiger charge is 2.28. The normalized spacial score (nSPS) is 23.8. The van der Waals surface area contributed by atoms with E-state index in [0.717, 1.165) is 35.9 Å². The highest BCUT2D eigenvalue weighted by molar-refractivity contribution is 8.21. The average Bonchev–Trinajstić information content (AvgIpc) is 3.57. The number of carbonyl (C=O) groups excluding carboxylic acids is 2. The Balaban J connectivity index is 1.24. The summed E-state index contributed by atoms with van der Waals surface area (Å²) in [6.07, 6.45) is 2.31. The smallest absolute Gasteiger partial charge is 0.333 e. The summed E-state index contributed by atoms with van der Waals surface area (Å²) in [5, 5.41) is 0.779. The zero-order valence-corrected chi connectivity index (χ0v) is 25.7. The molecule has 1 aromatic rings. The molecule has 35 heavy (non-hydrogen) atoms. The standard InChI is InChI=1S/C24H32O4S7/c1-15(2)23(25)27-11-17-13-31-21(33-17)7-9-29-19-5-6-20(35-19)30-10-8-22-32-14-18(34-22)12-28-24(26)16(3)4/h5-6,17-18,21-22H,1,3,7-14H2,2,4H3. The minimum absolute atomic E-state index is 0.285. The van der Waals surface area contributed by atoms with Crippen molar-refractivity contribution in [2.75, 3.05) is 36.2 Å². The van der Waals surface area contributed by atoms with E-state index in [2.05, 4.69) is 25.3 Å². The fraction of sp³-hybridized carbons (Fsp3) is 0.583. The van der Waals surface area contributed by atoms with E-state index in [1.54, 1.807) is 13.8 Å². The van der Waals surface area contributed by atoms with Crippen LogP contribution < -0.4 is 0 Å². The molecular formula is C24H32O4S7. The molecule has 2 aliphatic heterocycles. The summed E-state index contributed by atoms with van der Waals surface area (Å²) in [4.78, 5) is 23.1. The molecule has 0 radical (unpaired) electrons. The van der Waals surface area contributed by atoms with Gasteiger partial charge in [0, 0.05) is 44.7 Å². The van der Waals surface area contributed by atoms with E-state index in [1.807, 2.05) is 81.9 Å². The third kappa shape index (κ3) is 10.9. The van der Waals surface area contributed by atoms with Crippen LogP contribution >= 0.6 is 81.9 Å². The molecule has 0 saturated carbocycles. The Hall–Kier alpha value is 0.220. The number of ether oxygens (including phenoxy) is 2. The van der Waals surface area contributed by atoms with Gasteiger partial charge in [-0.05, 0) is 38.8 Å². The quantitative estimate of drug-likeness (QED) is 0.122. The van der Waals surface area contributed by atoms with Crippen molar-refractivity contribution in [3.8, 4) is 0 Å². The summed E-state index contributed by atoms with van der Waals surface area (Å²) in [6.45, 7) is 11.6. The second-order valence-corrected chi connectivity index (χ2v) is 18.1. The molecule has 4 atom stereocenters. The van der Waals surface area contributed by atoms with Crippen molar-refractivity contribution in [3.05, 3.63) is 36.4 Å². The van der Waals surface area contributed by atoms with Crippen LogP contribution in [0.3, 0.4) is 0 Å². The first-order valence-corrected chi connectivity index (χ1v) is 18.1. The lowest BCUT2D eigenvalue weighted by atomic mass is 10.4. The lowest BCUT2D eigenvalue weighted by Crippen LogP contribution is -2.16. The molecule has 3 heterocycles. The maximum Gasteiger partial charge on any atom is 0.333 e. The summed E-state index contributed by atoms with van der Waals surface area (Å²) < 4.78 is 14.6. The molecule has 0 aromatic carbocycles. The molecule has 1 aromatic heterocycles. The lowest BCUT2D eigenvalue weighted by molar-refractivity contribution is -0.139. The molecule has 2 aliphatic rings. The number of carbonyl (C=O) groups is 2. The van der Waals surface area contributed by atoms with Gasteiger partial charge in [-0.25, -0.2) is 9.59 Å². The molecule has 2 fully saturated rings. The van der Waals surface area contributed by atoms with Gasteiger partial charge in [0.15, 0.2) is 0 Å². The van der Waals surface area contributed by atoms with Crippen molar-refractivity contribution in [3.63, 3.8) is 0 Å². The highest BCUT2D eigenvalue weighted by Crippen LogP contribution is 2.43. The first-order valence-electron chi connectivity index (χ1n) is 11.3. The Labute approximate surface area is 238 Å². The molecule has 4 unspecified atom stereocenters. The van der Waals surface area contributed by atoms with Gasteiger partial charge in [0.2, 0.25) is 0 Å². The van der Waals surface area contributed by atoms with E-state index < -0.39 is 0 Å². The largest absolute Gasteiger partial charge is 0.461 e. The second kappa shape index (κ2) is 15.6. The molecule has 2 saturated heterocycles. The van der Waals surface area contributed by atoms with E-state index >= 15 is 0 Å². The lowest BCUT2D eigenvalue weighted by Gasteiger charge is -2.11. The number of thioether (sulfide) groups is 6. The van der Waals surface area contributed by atoms with Crippen molar-refractivity contribution < 1.29 is 19.1 Å². The van der Waals surface area contributed by atoms with Crippen LogP contribution in [-0.2, 0) is 19.1 Å². The Bertz CT molecular complexity index is 818. The molecule has 3 rings (SSSR count). The van der Waals surface area contributed by atoms with Crippen LogP contribution in [0, 0.1) is 0 Å². The van der Waals surface area contributed by atoms with E-state index in [-0.39, 0.29) is 11.9 Å². The van der Waals surface area contributed by atoms with Gasteiger partial charge in [-0.3, -0.25) is 0 Å². The van der Waals surface area contributed by atoms with Crippen molar-refractivity contribution >= 4 is 93.8 Å². The molecule has 0 N–H and O–H groups in total. The molecule has 0 aliphatic carbocycles. The van der Waals surface area contributed by atoms with Crippen LogP contribution in [0.25, 0.3) is 0 Å². The van der Waals surface area contributed by atoms with E-state index in [4.69, 9.17) is 9.47 Å². The van der Waals surface area contributed by atoms with Crippen LogP contribution in [0.1, 0.15) is 26.7 Å². The van der Waals surface area contributed by atoms with Gasteiger partial charge in [0.25, 0.3) is 0 Å². The van der Waals surface area contributed by atoms with Crippen molar-refractivity contribution in [2.45, 2.75) is 54.8 Å². The fourth-order valence-electron chi connectivity index (χ4n) is 3.05. The zero-order chi connectivity index (χ0) is 25.2. The molecule has 194 valence electrons. The van der Waals surface area contributed by atoms with Gasteiger partial charge in [0.05, 0.1) is 17.6 Å². The number of thiophene rings is 1. The number of hydrogen-bond donors (Lipinski definition) is 0. The Morgan fingerprint density at radius 2 is 1.29 bits per heavy atom. The maximum atomic E-state index is 11.6. The van der Waals surface area contributed by atoms with Gasteiger partial charge in [0.1, 0.15) is 13.2 Å². The van der Waals surface area contributed by atoms with Crippen molar-refractivity contribution in [1.82, 2.24) is 0 Å². The molecule has 11 heteroatoms.